The van der Waals surface area contributed by atoms with Crippen LogP contribution in [0.15, 0.2) is 48.7 Å². The van der Waals surface area contributed by atoms with Crippen LogP contribution in [0.2, 0.25) is 0 Å². The lowest BCUT2D eigenvalue weighted by atomic mass is 10.2. The fourth-order valence-corrected chi connectivity index (χ4v) is 2.14. The maximum Gasteiger partial charge on any atom is 0.376 e. The van der Waals surface area contributed by atoms with Gasteiger partial charge in [-0.2, -0.15) is 0 Å². The van der Waals surface area contributed by atoms with E-state index in [1.807, 2.05) is 0 Å². The van der Waals surface area contributed by atoms with E-state index in [0.717, 1.165) is 0 Å². The van der Waals surface area contributed by atoms with Crippen LogP contribution in [0.25, 0.3) is 17.2 Å². The molecule has 0 radical (unpaired) electrons. The molecule has 3 rings (SSSR count). The van der Waals surface area contributed by atoms with Gasteiger partial charge in [0.15, 0.2) is 5.82 Å². The molecular formula is C15H11N5O4. The molecule has 0 atom stereocenters. The summed E-state index contributed by atoms with van der Waals surface area (Å²) in [5.74, 6) is -0.403. The van der Waals surface area contributed by atoms with E-state index in [0.29, 0.717) is 17.2 Å². The number of methoxy groups -OCH3 is 1. The van der Waals surface area contributed by atoms with Crippen LogP contribution in [0.3, 0.4) is 0 Å². The van der Waals surface area contributed by atoms with Gasteiger partial charge in [-0.3, -0.25) is 19.7 Å². The summed E-state index contributed by atoms with van der Waals surface area (Å²) in [6, 6.07) is 10.9. The van der Waals surface area contributed by atoms with Crippen LogP contribution in [-0.2, 0) is 4.74 Å². The summed E-state index contributed by atoms with van der Waals surface area (Å²) in [5, 5.41) is 18.7. The van der Waals surface area contributed by atoms with E-state index in [9.17, 15) is 14.9 Å². The number of rotatable bonds is 4. The summed E-state index contributed by atoms with van der Waals surface area (Å²) in [6.45, 7) is 0. The molecule has 1 aromatic carbocycles. The van der Waals surface area contributed by atoms with Gasteiger partial charge < -0.3 is 4.74 Å². The lowest BCUT2D eigenvalue weighted by Gasteiger charge is -2.08. The Balaban J connectivity index is 2.18. The Hall–Kier alpha value is -3.62. The first-order valence-electron chi connectivity index (χ1n) is 6.82. The SMILES string of the molecule is COC(=O)c1nnc(-c2ccccn2)n1-c1ccc([N+](=O)[O-])cc1. The number of benzene rings is 1. The molecule has 0 saturated carbocycles. The number of carbonyl (C=O) groups excluding carboxylic acids is 1. The molecule has 0 aliphatic rings. The van der Waals surface area contributed by atoms with Crippen LogP contribution >= 0.6 is 0 Å². The number of nitro groups is 1. The monoisotopic (exact) mass is 325 g/mol. The second kappa shape index (κ2) is 6.24. The smallest absolute Gasteiger partial charge is 0.376 e. The van der Waals surface area contributed by atoms with E-state index >= 15 is 0 Å². The summed E-state index contributed by atoms with van der Waals surface area (Å²) >= 11 is 0. The van der Waals surface area contributed by atoms with Gasteiger partial charge in [-0.25, -0.2) is 4.79 Å². The molecule has 0 bridgehead atoms. The Morgan fingerprint density at radius 2 is 1.92 bits per heavy atom. The van der Waals surface area contributed by atoms with Gasteiger partial charge in [-0.1, -0.05) is 6.07 Å². The third-order valence-corrected chi connectivity index (χ3v) is 3.24. The van der Waals surface area contributed by atoms with Crippen molar-refractivity contribution in [2.45, 2.75) is 0 Å². The van der Waals surface area contributed by atoms with Gasteiger partial charge in [-0.05, 0) is 24.3 Å². The topological polar surface area (TPSA) is 113 Å². The van der Waals surface area contributed by atoms with E-state index in [1.54, 1.807) is 24.4 Å². The van der Waals surface area contributed by atoms with Crippen molar-refractivity contribution in [3.8, 4) is 17.2 Å². The predicted octanol–water partition coefficient (Wildman–Crippen LogP) is 2.02. The number of pyridine rings is 1. The molecule has 3 aromatic rings. The quantitative estimate of drug-likeness (QED) is 0.409. The Kier molecular flexibility index (Phi) is 3.98. The number of non-ortho nitro benzene ring substituents is 1. The first kappa shape index (κ1) is 15.3. The normalized spacial score (nSPS) is 10.4. The van der Waals surface area contributed by atoms with Gasteiger partial charge in [0.1, 0.15) is 5.69 Å². The zero-order valence-corrected chi connectivity index (χ0v) is 12.5. The maximum atomic E-state index is 12.0. The van der Waals surface area contributed by atoms with Crippen molar-refractivity contribution in [1.29, 1.82) is 0 Å². The fourth-order valence-electron chi connectivity index (χ4n) is 2.14. The molecular weight excluding hydrogens is 314 g/mol. The molecule has 0 unspecified atom stereocenters. The number of nitro benzene ring substituents is 1. The summed E-state index contributed by atoms with van der Waals surface area (Å²) in [4.78, 5) is 26.4. The minimum atomic E-state index is -0.678. The Morgan fingerprint density at radius 3 is 2.50 bits per heavy atom. The number of hydrogen-bond donors (Lipinski definition) is 0. The second-order valence-corrected chi connectivity index (χ2v) is 4.66. The van der Waals surface area contributed by atoms with Crippen molar-refractivity contribution in [3.05, 3.63) is 64.6 Å². The van der Waals surface area contributed by atoms with Crippen molar-refractivity contribution < 1.29 is 14.5 Å². The molecule has 2 aromatic heterocycles. The summed E-state index contributed by atoms with van der Waals surface area (Å²) in [7, 11) is 1.23. The number of hydrogen-bond acceptors (Lipinski definition) is 7. The fraction of sp³-hybridized carbons (Fsp3) is 0.0667. The molecule has 0 N–H and O–H groups in total. The number of aromatic nitrogens is 4. The molecule has 0 aliphatic carbocycles. The lowest BCUT2D eigenvalue weighted by molar-refractivity contribution is -0.384. The third-order valence-electron chi connectivity index (χ3n) is 3.24. The van der Waals surface area contributed by atoms with Crippen LogP contribution in [0.5, 0.6) is 0 Å². The highest BCUT2D eigenvalue weighted by Crippen LogP contribution is 2.23. The zero-order chi connectivity index (χ0) is 17.1. The van der Waals surface area contributed by atoms with Gasteiger partial charge in [0, 0.05) is 18.3 Å². The van der Waals surface area contributed by atoms with E-state index in [1.165, 1.54) is 35.9 Å². The molecule has 24 heavy (non-hydrogen) atoms. The highest BCUT2D eigenvalue weighted by molar-refractivity contribution is 5.87. The Bertz CT molecular complexity index is 890. The molecule has 0 fully saturated rings. The molecule has 0 aliphatic heterocycles. The minimum Gasteiger partial charge on any atom is -0.463 e. The number of nitrogens with zero attached hydrogens (tertiary/aromatic N) is 5. The van der Waals surface area contributed by atoms with Gasteiger partial charge in [0.2, 0.25) is 5.82 Å². The molecule has 9 heteroatoms. The summed E-state index contributed by atoms with van der Waals surface area (Å²) < 4.78 is 6.16. The molecule has 120 valence electrons. The van der Waals surface area contributed by atoms with Gasteiger partial charge in [0.25, 0.3) is 5.69 Å². The minimum absolute atomic E-state index is 0.0491. The first-order valence-corrected chi connectivity index (χ1v) is 6.82. The Labute approximate surface area is 135 Å². The molecule has 2 heterocycles. The molecule has 9 nitrogen and oxygen atoms in total. The number of ether oxygens (including phenoxy) is 1. The molecule has 0 amide bonds. The Morgan fingerprint density at radius 1 is 1.17 bits per heavy atom. The van der Waals surface area contributed by atoms with Crippen molar-refractivity contribution >= 4 is 11.7 Å². The van der Waals surface area contributed by atoms with Crippen LogP contribution in [0.4, 0.5) is 5.69 Å². The van der Waals surface area contributed by atoms with E-state index in [4.69, 9.17) is 4.74 Å². The molecule has 0 spiro atoms. The number of carbonyl (C=O) groups is 1. The third kappa shape index (κ3) is 2.70. The average molecular weight is 325 g/mol. The van der Waals surface area contributed by atoms with E-state index < -0.39 is 10.9 Å². The maximum absolute atomic E-state index is 12.0. The highest BCUT2D eigenvalue weighted by atomic mass is 16.6. The van der Waals surface area contributed by atoms with Crippen LogP contribution in [-0.4, -0.2) is 37.8 Å². The largest absolute Gasteiger partial charge is 0.463 e. The molecule has 0 saturated heterocycles. The summed E-state index contributed by atoms with van der Waals surface area (Å²) in [6.07, 6.45) is 1.59. The standard InChI is InChI=1S/C15H11N5O4/c1-24-15(21)14-18-17-13(12-4-2-3-9-16-12)19(14)10-5-7-11(8-6-10)20(22)23/h2-9H,1H3. The predicted molar refractivity (Wildman–Crippen MR) is 82.6 cm³/mol. The second-order valence-electron chi connectivity index (χ2n) is 4.66. The highest BCUT2D eigenvalue weighted by Gasteiger charge is 2.22. The number of esters is 1. The van der Waals surface area contributed by atoms with Crippen LogP contribution in [0, 0.1) is 10.1 Å². The van der Waals surface area contributed by atoms with Crippen molar-refractivity contribution in [3.63, 3.8) is 0 Å². The zero-order valence-electron chi connectivity index (χ0n) is 12.5. The van der Waals surface area contributed by atoms with Gasteiger partial charge in [0.05, 0.1) is 17.7 Å². The van der Waals surface area contributed by atoms with E-state index in [-0.39, 0.29) is 11.5 Å². The lowest BCUT2D eigenvalue weighted by Crippen LogP contribution is -2.11. The summed E-state index contributed by atoms with van der Waals surface area (Å²) in [5.41, 5.74) is 0.913. The van der Waals surface area contributed by atoms with Crippen LogP contribution in [0.1, 0.15) is 10.6 Å². The van der Waals surface area contributed by atoms with Gasteiger partial charge in [-0.15, -0.1) is 10.2 Å². The van der Waals surface area contributed by atoms with Crippen LogP contribution < -0.4 is 0 Å². The van der Waals surface area contributed by atoms with Crippen molar-refractivity contribution in [1.82, 2.24) is 19.7 Å². The van der Waals surface area contributed by atoms with Crippen molar-refractivity contribution in [2.75, 3.05) is 7.11 Å². The van der Waals surface area contributed by atoms with E-state index in [2.05, 4.69) is 15.2 Å². The first-order chi connectivity index (χ1) is 11.6. The van der Waals surface area contributed by atoms with Crippen molar-refractivity contribution in [2.24, 2.45) is 0 Å². The van der Waals surface area contributed by atoms with Gasteiger partial charge >= 0.3 is 5.97 Å². The average Bonchev–Trinajstić information content (AvgIpc) is 3.07.